The van der Waals surface area contributed by atoms with Crippen molar-refractivity contribution in [1.82, 2.24) is 0 Å². The van der Waals surface area contributed by atoms with Crippen molar-refractivity contribution >= 4 is 23.2 Å². The highest BCUT2D eigenvalue weighted by molar-refractivity contribution is 5.88. The third-order valence-electron chi connectivity index (χ3n) is 5.37. The quantitative estimate of drug-likeness (QED) is 0.413. The maximum Gasteiger partial charge on any atom is 0.0561 e. The van der Waals surface area contributed by atoms with Gasteiger partial charge < -0.3 is 4.90 Å². The van der Waals surface area contributed by atoms with Gasteiger partial charge in [0.25, 0.3) is 0 Å². The van der Waals surface area contributed by atoms with Crippen molar-refractivity contribution in [2.24, 2.45) is 5.10 Å². The SMILES string of the molecule is CC1=CC(C)(C)N(Cc2ccccc2)c2ccc(C=NNc3ccccc3)cc21. The zero-order valence-electron chi connectivity index (χ0n) is 17.3. The second-order valence-electron chi connectivity index (χ2n) is 8.07. The van der Waals surface area contributed by atoms with Crippen molar-refractivity contribution in [3.63, 3.8) is 0 Å². The van der Waals surface area contributed by atoms with Gasteiger partial charge >= 0.3 is 0 Å². The van der Waals surface area contributed by atoms with E-state index in [1.807, 2.05) is 36.5 Å². The average Bonchev–Trinajstić information content (AvgIpc) is 2.72. The molecule has 0 aliphatic carbocycles. The molecule has 0 fully saturated rings. The Morgan fingerprint density at radius 3 is 2.34 bits per heavy atom. The molecule has 0 bridgehead atoms. The molecular weight excluding hydrogens is 354 g/mol. The molecule has 3 heteroatoms. The molecule has 4 rings (SSSR count). The van der Waals surface area contributed by atoms with Crippen LogP contribution in [0.25, 0.3) is 5.57 Å². The van der Waals surface area contributed by atoms with Gasteiger partial charge in [-0.1, -0.05) is 60.7 Å². The van der Waals surface area contributed by atoms with Crippen molar-refractivity contribution in [3.05, 3.63) is 102 Å². The van der Waals surface area contributed by atoms with Crippen LogP contribution >= 0.6 is 0 Å². The minimum absolute atomic E-state index is 0.0443. The third-order valence-corrected chi connectivity index (χ3v) is 5.37. The Morgan fingerprint density at radius 2 is 1.62 bits per heavy atom. The van der Waals surface area contributed by atoms with E-state index in [-0.39, 0.29) is 5.54 Å². The van der Waals surface area contributed by atoms with Crippen LogP contribution < -0.4 is 10.3 Å². The first-order chi connectivity index (χ1) is 14.0. The van der Waals surface area contributed by atoms with Crippen molar-refractivity contribution in [2.45, 2.75) is 32.9 Å². The molecule has 0 spiro atoms. The molecule has 0 unspecified atom stereocenters. The molecule has 0 aromatic heterocycles. The molecule has 1 aliphatic heterocycles. The molecule has 0 saturated carbocycles. The molecule has 146 valence electrons. The van der Waals surface area contributed by atoms with E-state index in [9.17, 15) is 0 Å². The summed E-state index contributed by atoms with van der Waals surface area (Å²) in [4.78, 5) is 2.48. The summed E-state index contributed by atoms with van der Waals surface area (Å²) in [6, 6.07) is 27.2. The molecule has 3 aromatic rings. The Kier molecular flexibility index (Phi) is 5.22. The summed E-state index contributed by atoms with van der Waals surface area (Å²) >= 11 is 0. The zero-order chi connectivity index (χ0) is 20.3. The van der Waals surface area contributed by atoms with E-state index < -0.39 is 0 Å². The zero-order valence-corrected chi connectivity index (χ0v) is 17.3. The first-order valence-electron chi connectivity index (χ1n) is 10.0. The van der Waals surface area contributed by atoms with Gasteiger partial charge in [-0.25, -0.2) is 0 Å². The summed E-state index contributed by atoms with van der Waals surface area (Å²) in [6.45, 7) is 7.64. The molecule has 0 amide bonds. The fourth-order valence-corrected chi connectivity index (χ4v) is 3.93. The minimum atomic E-state index is -0.0443. The highest BCUT2D eigenvalue weighted by atomic mass is 15.3. The van der Waals surface area contributed by atoms with Crippen molar-refractivity contribution in [1.29, 1.82) is 0 Å². The maximum atomic E-state index is 4.39. The van der Waals surface area contributed by atoms with E-state index >= 15 is 0 Å². The fourth-order valence-electron chi connectivity index (χ4n) is 3.93. The minimum Gasteiger partial charge on any atom is -0.358 e. The number of para-hydroxylation sites is 1. The number of fused-ring (bicyclic) bond motifs is 1. The van der Waals surface area contributed by atoms with Crippen LogP contribution in [0.5, 0.6) is 0 Å². The standard InChI is InChI=1S/C26H27N3/c1-20-17-26(2,3)29(19-21-10-6-4-7-11-21)25-15-14-22(16-24(20)25)18-27-28-23-12-8-5-9-13-23/h4-18,28H,19H2,1-3H3. The summed E-state index contributed by atoms with van der Waals surface area (Å²) in [5, 5.41) is 4.39. The van der Waals surface area contributed by atoms with Crippen LogP contribution in [0.3, 0.4) is 0 Å². The number of allylic oxidation sites excluding steroid dienone is 1. The molecule has 3 aromatic carbocycles. The number of benzene rings is 3. The largest absolute Gasteiger partial charge is 0.358 e. The normalized spacial score (nSPS) is 15.1. The van der Waals surface area contributed by atoms with Crippen molar-refractivity contribution in [3.8, 4) is 0 Å². The van der Waals surface area contributed by atoms with Gasteiger partial charge in [-0.15, -0.1) is 0 Å². The highest BCUT2D eigenvalue weighted by Gasteiger charge is 2.31. The first kappa shape index (κ1) is 19.0. The summed E-state index contributed by atoms with van der Waals surface area (Å²) in [5.74, 6) is 0. The van der Waals surface area contributed by atoms with Crippen LogP contribution in [0, 0.1) is 0 Å². The summed E-state index contributed by atoms with van der Waals surface area (Å²) < 4.78 is 0. The Labute approximate surface area is 173 Å². The van der Waals surface area contributed by atoms with E-state index in [0.717, 1.165) is 17.8 Å². The molecule has 0 radical (unpaired) electrons. The van der Waals surface area contributed by atoms with E-state index in [4.69, 9.17) is 0 Å². The van der Waals surface area contributed by atoms with Gasteiger partial charge in [0, 0.05) is 17.8 Å². The van der Waals surface area contributed by atoms with E-state index in [0.29, 0.717) is 0 Å². The van der Waals surface area contributed by atoms with Crippen molar-refractivity contribution in [2.75, 3.05) is 10.3 Å². The number of hydrogen-bond donors (Lipinski definition) is 1. The molecule has 0 atom stereocenters. The second kappa shape index (κ2) is 7.96. The fraction of sp³-hybridized carbons (Fsp3) is 0.192. The number of nitrogens with zero attached hydrogens (tertiary/aromatic N) is 2. The van der Waals surface area contributed by atoms with Gasteiger partial charge in [-0.05, 0) is 61.7 Å². The maximum absolute atomic E-state index is 4.39. The lowest BCUT2D eigenvalue weighted by Gasteiger charge is -2.43. The van der Waals surface area contributed by atoms with Crippen LogP contribution in [0.1, 0.15) is 37.5 Å². The third kappa shape index (κ3) is 4.24. The first-order valence-corrected chi connectivity index (χ1v) is 10.0. The second-order valence-corrected chi connectivity index (χ2v) is 8.07. The Balaban J connectivity index is 1.61. The number of hydrazone groups is 1. The number of anilines is 2. The molecule has 3 nitrogen and oxygen atoms in total. The summed E-state index contributed by atoms with van der Waals surface area (Å²) in [7, 11) is 0. The lowest BCUT2D eigenvalue weighted by atomic mass is 9.87. The molecule has 1 heterocycles. The molecular formula is C26H27N3. The van der Waals surface area contributed by atoms with Gasteiger partial charge in [0.2, 0.25) is 0 Å². The molecule has 1 aliphatic rings. The van der Waals surface area contributed by atoms with E-state index in [1.54, 1.807) is 0 Å². The van der Waals surface area contributed by atoms with Gasteiger partial charge in [0.15, 0.2) is 0 Å². The predicted octanol–water partition coefficient (Wildman–Crippen LogP) is 6.33. The molecule has 0 saturated heterocycles. The van der Waals surface area contributed by atoms with Crippen LogP contribution in [0.15, 0.2) is 90.0 Å². The van der Waals surface area contributed by atoms with Crippen LogP contribution in [-0.4, -0.2) is 11.8 Å². The molecule has 29 heavy (non-hydrogen) atoms. The Morgan fingerprint density at radius 1 is 0.931 bits per heavy atom. The number of rotatable bonds is 5. The Bertz CT molecular complexity index is 1030. The van der Waals surface area contributed by atoms with Gasteiger partial charge in [-0.3, -0.25) is 5.43 Å². The lowest BCUT2D eigenvalue weighted by Crippen LogP contribution is -2.44. The Hall–Kier alpha value is -3.33. The lowest BCUT2D eigenvalue weighted by molar-refractivity contribution is 0.552. The van der Waals surface area contributed by atoms with Crippen LogP contribution in [0.4, 0.5) is 11.4 Å². The highest BCUT2D eigenvalue weighted by Crippen LogP contribution is 2.40. The van der Waals surface area contributed by atoms with Crippen LogP contribution in [0.2, 0.25) is 0 Å². The average molecular weight is 382 g/mol. The van der Waals surface area contributed by atoms with Crippen molar-refractivity contribution < 1.29 is 0 Å². The molecule has 1 N–H and O–H groups in total. The topological polar surface area (TPSA) is 27.6 Å². The van der Waals surface area contributed by atoms with E-state index in [2.05, 4.69) is 90.8 Å². The van der Waals surface area contributed by atoms with Gasteiger partial charge in [-0.2, -0.15) is 5.10 Å². The van der Waals surface area contributed by atoms with Gasteiger partial charge in [0.1, 0.15) is 0 Å². The van der Waals surface area contributed by atoms with Crippen LogP contribution in [-0.2, 0) is 6.54 Å². The smallest absolute Gasteiger partial charge is 0.0561 e. The monoisotopic (exact) mass is 381 g/mol. The number of nitrogens with one attached hydrogen (secondary N) is 1. The van der Waals surface area contributed by atoms with E-state index in [1.165, 1.54) is 22.4 Å². The summed E-state index contributed by atoms with van der Waals surface area (Å²) in [5.41, 5.74) is 10.3. The summed E-state index contributed by atoms with van der Waals surface area (Å²) in [6.07, 6.45) is 4.24. The number of hydrogen-bond acceptors (Lipinski definition) is 3. The van der Waals surface area contributed by atoms with Gasteiger partial charge in [0.05, 0.1) is 17.4 Å². The predicted molar refractivity (Wildman–Crippen MR) is 124 cm³/mol.